The number of piperidine rings is 1. The van der Waals surface area contributed by atoms with E-state index in [0.29, 0.717) is 47.7 Å². The van der Waals surface area contributed by atoms with Gasteiger partial charge in [-0.25, -0.2) is 14.6 Å². The van der Waals surface area contributed by atoms with Crippen LogP contribution < -0.4 is 15.8 Å². The number of fused-ring (bicyclic) bond motifs is 1. The van der Waals surface area contributed by atoms with Gasteiger partial charge in [0.25, 0.3) is 5.91 Å². The number of carbonyl (C=O) groups is 2. The molecular weight excluding hydrogens is 482 g/mol. The highest BCUT2D eigenvalue weighted by atomic mass is 16.5. The van der Waals surface area contributed by atoms with Gasteiger partial charge in [-0.3, -0.25) is 9.59 Å². The van der Waals surface area contributed by atoms with E-state index in [9.17, 15) is 9.59 Å². The first kappa shape index (κ1) is 24.9. The molecule has 194 valence electrons. The second-order valence-corrected chi connectivity index (χ2v) is 9.15. The van der Waals surface area contributed by atoms with Crippen LogP contribution in [0.3, 0.4) is 0 Å². The quantitative estimate of drug-likeness (QED) is 0.364. The molecule has 5 rings (SSSR count). The lowest BCUT2D eigenvalue weighted by molar-refractivity contribution is -0.127. The molecule has 1 saturated heterocycles. The van der Waals surface area contributed by atoms with Crippen LogP contribution in [-0.4, -0.2) is 56.7 Å². The summed E-state index contributed by atoms with van der Waals surface area (Å²) in [6.45, 7) is 5.17. The summed E-state index contributed by atoms with van der Waals surface area (Å²) in [4.78, 5) is 35.7. The fourth-order valence-corrected chi connectivity index (χ4v) is 4.77. The zero-order valence-corrected chi connectivity index (χ0v) is 21.1. The molecule has 0 spiro atoms. The molecule has 38 heavy (non-hydrogen) atoms. The van der Waals surface area contributed by atoms with Gasteiger partial charge < -0.3 is 20.7 Å². The van der Waals surface area contributed by atoms with Crippen LogP contribution in [0.1, 0.15) is 34.8 Å². The molecule has 0 aliphatic carbocycles. The van der Waals surface area contributed by atoms with E-state index in [1.165, 1.54) is 12.4 Å². The Morgan fingerprint density at radius 2 is 2.03 bits per heavy atom. The molecule has 2 amide bonds. The largest absolute Gasteiger partial charge is 0.497 e. The minimum absolute atomic E-state index is 0.0748. The smallest absolute Gasteiger partial charge is 0.251 e. The maximum absolute atomic E-state index is 13.0. The van der Waals surface area contributed by atoms with Gasteiger partial charge in [0.05, 0.1) is 18.5 Å². The van der Waals surface area contributed by atoms with E-state index in [-0.39, 0.29) is 17.9 Å². The van der Waals surface area contributed by atoms with E-state index >= 15 is 0 Å². The van der Waals surface area contributed by atoms with Crippen LogP contribution in [0.2, 0.25) is 0 Å². The number of hydrogen-bond acceptors (Lipinski definition) is 7. The van der Waals surface area contributed by atoms with Crippen LogP contribution in [0.25, 0.3) is 22.3 Å². The van der Waals surface area contributed by atoms with Gasteiger partial charge in [0.15, 0.2) is 5.65 Å². The third-order valence-corrected chi connectivity index (χ3v) is 6.76. The molecule has 1 atom stereocenters. The van der Waals surface area contributed by atoms with Crippen LogP contribution in [0, 0.1) is 0 Å². The van der Waals surface area contributed by atoms with E-state index in [4.69, 9.17) is 15.6 Å². The molecule has 4 aromatic rings. The Labute approximate surface area is 220 Å². The van der Waals surface area contributed by atoms with E-state index in [2.05, 4.69) is 21.9 Å². The number of methoxy groups -OCH3 is 1. The van der Waals surface area contributed by atoms with Crippen molar-refractivity contribution in [3.05, 3.63) is 78.6 Å². The lowest BCUT2D eigenvalue weighted by Crippen LogP contribution is -2.40. The van der Waals surface area contributed by atoms with Gasteiger partial charge in [-0.05, 0) is 48.7 Å². The predicted molar refractivity (Wildman–Crippen MR) is 144 cm³/mol. The average molecular weight is 512 g/mol. The normalized spacial score (nSPS) is 15.3. The molecule has 2 aromatic heterocycles. The molecule has 10 nitrogen and oxygen atoms in total. The molecule has 0 saturated carbocycles. The molecule has 0 unspecified atom stereocenters. The lowest BCUT2D eigenvalue weighted by Gasteiger charge is -2.32. The standard InChI is InChI=1S/C28H29N7O3/c1-3-23(36)34-13-5-8-21(16-34)35-27-24(26(29)31-17-32-27)25(33-35)19-6-4-7-20(14-19)28(37)30-15-18-9-11-22(38-2)12-10-18/h3-4,6-7,9-12,14,17,21H,1,5,8,13,15-16H2,2H3,(H,30,37)(H2,29,31,32)/t21-/m1/s1. The van der Waals surface area contributed by atoms with Crippen molar-refractivity contribution in [1.29, 1.82) is 0 Å². The average Bonchev–Trinajstić information content (AvgIpc) is 3.37. The fourth-order valence-electron chi connectivity index (χ4n) is 4.77. The number of aromatic nitrogens is 4. The SMILES string of the molecule is C=CC(=O)N1CCC[C@@H](n2nc(-c3cccc(C(=O)NCc4ccc(OC)cc4)c3)c3c(N)ncnc32)C1. The Hall–Kier alpha value is -4.73. The van der Waals surface area contributed by atoms with Crippen molar-refractivity contribution in [3.8, 4) is 17.0 Å². The second-order valence-electron chi connectivity index (χ2n) is 9.15. The van der Waals surface area contributed by atoms with Crippen LogP contribution in [0.5, 0.6) is 5.75 Å². The van der Waals surface area contributed by atoms with Gasteiger partial charge in [-0.2, -0.15) is 5.10 Å². The summed E-state index contributed by atoms with van der Waals surface area (Å²) in [7, 11) is 1.61. The monoisotopic (exact) mass is 511 g/mol. The summed E-state index contributed by atoms with van der Waals surface area (Å²) < 4.78 is 7.02. The first-order valence-corrected chi connectivity index (χ1v) is 12.4. The summed E-state index contributed by atoms with van der Waals surface area (Å²) >= 11 is 0. The van der Waals surface area contributed by atoms with Crippen molar-refractivity contribution < 1.29 is 14.3 Å². The van der Waals surface area contributed by atoms with Crippen molar-refractivity contribution >= 4 is 28.7 Å². The van der Waals surface area contributed by atoms with Crippen LogP contribution in [-0.2, 0) is 11.3 Å². The molecular formula is C28H29N7O3. The number of ether oxygens (including phenoxy) is 1. The molecule has 1 aliphatic heterocycles. The molecule has 2 aromatic carbocycles. The van der Waals surface area contributed by atoms with Crippen molar-refractivity contribution in [3.63, 3.8) is 0 Å². The summed E-state index contributed by atoms with van der Waals surface area (Å²) in [6, 6.07) is 14.7. The van der Waals surface area contributed by atoms with Gasteiger partial charge in [0.1, 0.15) is 23.6 Å². The summed E-state index contributed by atoms with van der Waals surface area (Å²) in [6.07, 6.45) is 4.43. The molecule has 1 aliphatic rings. The topological polar surface area (TPSA) is 128 Å². The van der Waals surface area contributed by atoms with Crippen LogP contribution in [0.15, 0.2) is 67.5 Å². The number of nitrogens with two attached hydrogens (primary N) is 1. The third-order valence-electron chi connectivity index (χ3n) is 6.76. The van der Waals surface area contributed by atoms with E-state index in [1.807, 2.05) is 41.1 Å². The third kappa shape index (κ3) is 4.93. The van der Waals surface area contributed by atoms with Gasteiger partial charge in [0.2, 0.25) is 5.91 Å². The number of benzene rings is 2. The number of anilines is 1. The summed E-state index contributed by atoms with van der Waals surface area (Å²) in [5, 5.41) is 8.48. The van der Waals surface area contributed by atoms with Gasteiger partial charge in [-0.15, -0.1) is 0 Å². The predicted octanol–water partition coefficient (Wildman–Crippen LogP) is 3.36. The van der Waals surface area contributed by atoms with Crippen molar-refractivity contribution in [2.75, 3.05) is 25.9 Å². The van der Waals surface area contributed by atoms with Crippen molar-refractivity contribution in [2.45, 2.75) is 25.4 Å². The Balaban J connectivity index is 1.44. The van der Waals surface area contributed by atoms with Crippen molar-refractivity contribution in [1.82, 2.24) is 30.0 Å². The Morgan fingerprint density at radius 3 is 2.79 bits per heavy atom. The molecule has 0 radical (unpaired) electrons. The van der Waals surface area contributed by atoms with Gasteiger partial charge >= 0.3 is 0 Å². The summed E-state index contributed by atoms with van der Waals surface area (Å²) in [5.74, 6) is 0.756. The number of rotatable bonds is 7. The number of likely N-dealkylation sites (tertiary alicyclic amines) is 1. The van der Waals surface area contributed by atoms with E-state index < -0.39 is 0 Å². The number of nitrogens with zero attached hydrogens (tertiary/aromatic N) is 5. The van der Waals surface area contributed by atoms with E-state index in [0.717, 1.165) is 29.7 Å². The Kier molecular flexibility index (Phi) is 7.03. The minimum Gasteiger partial charge on any atom is -0.497 e. The number of nitrogen functional groups attached to an aromatic ring is 1. The van der Waals surface area contributed by atoms with Gasteiger partial charge in [0, 0.05) is 30.8 Å². The zero-order valence-electron chi connectivity index (χ0n) is 21.1. The van der Waals surface area contributed by atoms with Crippen LogP contribution in [0.4, 0.5) is 5.82 Å². The Bertz CT molecular complexity index is 1500. The number of carbonyl (C=O) groups excluding carboxylic acids is 2. The highest BCUT2D eigenvalue weighted by Crippen LogP contribution is 2.34. The number of amides is 2. The molecule has 1 fully saturated rings. The maximum atomic E-state index is 13.0. The molecule has 0 bridgehead atoms. The highest BCUT2D eigenvalue weighted by molar-refractivity contribution is 6.00. The zero-order chi connectivity index (χ0) is 26.6. The fraction of sp³-hybridized carbons (Fsp3) is 0.250. The maximum Gasteiger partial charge on any atom is 0.251 e. The van der Waals surface area contributed by atoms with Crippen molar-refractivity contribution in [2.24, 2.45) is 0 Å². The highest BCUT2D eigenvalue weighted by Gasteiger charge is 2.28. The first-order chi connectivity index (χ1) is 18.5. The van der Waals surface area contributed by atoms with Crippen LogP contribution >= 0.6 is 0 Å². The first-order valence-electron chi connectivity index (χ1n) is 12.4. The van der Waals surface area contributed by atoms with Gasteiger partial charge in [-0.1, -0.05) is 30.8 Å². The second kappa shape index (κ2) is 10.7. The molecule has 3 heterocycles. The number of nitrogens with one attached hydrogen (secondary N) is 1. The molecule has 10 heteroatoms. The number of hydrogen-bond donors (Lipinski definition) is 2. The molecule has 3 N–H and O–H groups in total. The lowest BCUT2D eigenvalue weighted by atomic mass is 10.1. The minimum atomic E-state index is -0.207. The Morgan fingerprint density at radius 1 is 1.21 bits per heavy atom. The summed E-state index contributed by atoms with van der Waals surface area (Å²) in [5.41, 5.74) is 9.66. The van der Waals surface area contributed by atoms with E-state index in [1.54, 1.807) is 24.1 Å².